The van der Waals surface area contributed by atoms with E-state index in [1.54, 1.807) is 11.3 Å². The first-order valence-electron chi connectivity index (χ1n) is 8.09. The third kappa shape index (κ3) is 3.98. The fourth-order valence-corrected chi connectivity index (χ4v) is 4.12. The molecule has 1 unspecified atom stereocenters. The van der Waals surface area contributed by atoms with Crippen LogP contribution in [0.5, 0.6) is 0 Å². The van der Waals surface area contributed by atoms with Gasteiger partial charge in [0.25, 0.3) is 0 Å². The first-order valence-corrected chi connectivity index (χ1v) is 8.97. The highest BCUT2D eigenvalue weighted by atomic mass is 32.1. The van der Waals surface area contributed by atoms with Crippen molar-refractivity contribution in [3.63, 3.8) is 0 Å². The molecule has 2 fully saturated rings. The van der Waals surface area contributed by atoms with E-state index >= 15 is 0 Å². The van der Waals surface area contributed by atoms with E-state index in [0.717, 1.165) is 18.5 Å². The quantitative estimate of drug-likeness (QED) is 0.663. The van der Waals surface area contributed by atoms with Crippen LogP contribution >= 0.6 is 11.3 Å². The second kappa shape index (κ2) is 7.27. The Hall–Kier alpha value is -1.07. The fraction of sp³-hybridized carbons (Fsp3) is 0.688. The van der Waals surface area contributed by atoms with Crippen molar-refractivity contribution < 1.29 is 0 Å². The monoisotopic (exact) mass is 306 g/mol. The minimum Gasteiger partial charge on any atom is -0.352 e. The molecular weight excluding hydrogens is 280 g/mol. The third-order valence-corrected chi connectivity index (χ3v) is 5.51. The lowest BCUT2D eigenvalue weighted by atomic mass is 10.2. The van der Waals surface area contributed by atoms with Crippen molar-refractivity contribution in [2.75, 3.05) is 20.1 Å². The van der Waals surface area contributed by atoms with Gasteiger partial charge in [-0.1, -0.05) is 18.9 Å². The fourth-order valence-electron chi connectivity index (χ4n) is 3.48. The Morgan fingerprint density at radius 3 is 2.95 bits per heavy atom. The van der Waals surface area contributed by atoms with Gasteiger partial charge in [0.15, 0.2) is 5.96 Å². The van der Waals surface area contributed by atoms with E-state index in [2.05, 4.69) is 38.0 Å². The lowest BCUT2D eigenvalue weighted by Crippen LogP contribution is -2.44. The van der Waals surface area contributed by atoms with Gasteiger partial charge in [-0.2, -0.15) is 0 Å². The van der Waals surface area contributed by atoms with Crippen LogP contribution < -0.4 is 10.6 Å². The van der Waals surface area contributed by atoms with E-state index in [9.17, 15) is 0 Å². The number of guanidine groups is 1. The Labute approximate surface area is 131 Å². The second-order valence-electron chi connectivity index (χ2n) is 6.07. The summed E-state index contributed by atoms with van der Waals surface area (Å²) in [6.07, 6.45) is 6.87. The summed E-state index contributed by atoms with van der Waals surface area (Å²) in [4.78, 5) is 8.38. The molecule has 1 atom stereocenters. The number of likely N-dealkylation sites (tertiary alicyclic amines) is 1. The summed E-state index contributed by atoms with van der Waals surface area (Å²) in [5.74, 6) is 0.932. The van der Waals surface area contributed by atoms with Crippen molar-refractivity contribution in [1.29, 1.82) is 0 Å². The molecule has 21 heavy (non-hydrogen) atoms. The standard InChI is InChI=1S/C16H26N4S/c1-17-16(18-11-15-7-4-10-21-15)19-13-8-9-20(12-13)14-5-2-3-6-14/h4,7,10,13-14H,2-3,5-6,8-9,11-12H2,1H3,(H2,17,18,19). The zero-order valence-corrected chi connectivity index (χ0v) is 13.7. The second-order valence-corrected chi connectivity index (χ2v) is 7.10. The van der Waals surface area contributed by atoms with E-state index < -0.39 is 0 Å². The predicted molar refractivity (Wildman–Crippen MR) is 89.9 cm³/mol. The van der Waals surface area contributed by atoms with Gasteiger partial charge in [0.05, 0.1) is 6.54 Å². The van der Waals surface area contributed by atoms with Crippen LogP contribution in [0.4, 0.5) is 0 Å². The van der Waals surface area contributed by atoms with Gasteiger partial charge < -0.3 is 10.6 Å². The molecule has 1 aliphatic heterocycles. The number of rotatable bonds is 4. The molecule has 0 amide bonds. The molecule has 2 heterocycles. The predicted octanol–water partition coefficient (Wildman–Crippen LogP) is 2.43. The van der Waals surface area contributed by atoms with Crippen LogP contribution in [0.25, 0.3) is 0 Å². The molecule has 4 nitrogen and oxygen atoms in total. The van der Waals surface area contributed by atoms with E-state index in [0.29, 0.717) is 6.04 Å². The molecule has 0 spiro atoms. The zero-order chi connectivity index (χ0) is 14.5. The average molecular weight is 306 g/mol. The molecule has 1 saturated heterocycles. The third-order valence-electron chi connectivity index (χ3n) is 4.64. The van der Waals surface area contributed by atoms with Crippen LogP contribution in [-0.4, -0.2) is 43.1 Å². The molecule has 1 saturated carbocycles. The van der Waals surface area contributed by atoms with E-state index in [-0.39, 0.29) is 0 Å². The van der Waals surface area contributed by atoms with Crippen LogP contribution in [-0.2, 0) is 6.54 Å². The van der Waals surface area contributed by atoms with Gasteiger partial charge >= 0.3 is 0 Å². The summed E-state index contributed by atoms with van der Waals surface area (Å²) in [6.45, 7) is 3.27. The minimum absolute atomic E-state index is 0.542. The number of hydrogen-bond donors (Lipinski definition) is 2. The molecule has 1 aromatic heterocycles. The van der Waals surface area contributed by atoms with Gasteiger partial charge in [-0.25, -0.2) is 0 Å². The molecule has 0 aromatic carbocycles. The number of nitrogens with one attached hydrogen (secondary N) is 2. The zero-order valence-electron chi connectivity index (χ0n) is 12.8. The van der Waals surface area contributed by atoms with Crippen LogP contribution in [0, 0.1) is 0 Å². The molecule has 5 heteroatoms. The summed E-state index contributed by atoms with van der Waals surface area (Å²) in [6, 6.07) is 5.63. The van der Waals surface area contributed by atoms with Crippen molar-refractivity contribution in [3.8, 4) is 0 Å². The first kappa shape index (κ1) is 14.9. The van der Waals surface area contributed by atoms with Crippen molar-refractivity contribution in [1.82, 2.24) is 15.5 Å². The van der Waals surface area contributed by atoms with Crippen molar-refractivity contribution in [2.45, 2.75) is 50.7 Å². The molecular formula is C16H26N4S. The maximum Gasteiger partial charge on any atom is 0.191 e. The molecule has 0 bridgehead atoms. The van der Waals surface area contributed by atoms with E-state index in [1.165, 1.54) is 50.1 Å². The normalized spacial score (nSPS) is 24.6. The minimum atomic E-state index is 0.542. The number of thiophene rings is 1. The summed E-state index contributed by atoms with van der Waals surface area (Å²) in [5, 5.41) is 9.11. The van der Waals surface area contributed by atoms with E-state index in [4.69, 9.17) is 0 Å². The molecule has 0 radical (unpaired) electrons. The van der Waals surface area contributed by atoms with Crippen molar-refractivity contribution >= 4 is 17.3 Å². The largest absolute Gasteiger partial charge is 0.352 e. The van der Waals surface area contributed by atoms with Gasteiger partial charge in [-0.05, 0) is 30.7 Å². The lowest BCUT2D eigenvalue weighted by molar-refractivity contribution is 0.242. The Morgan fingerprint density at radius 1 is 1.38 bits per heavy atom. The maximum absolute atomic E-state index is 4.35. The maximum atomic E-state index is 4.35. The summed E-state index contributed by atoms with van der Waals surface area (Å²) in [7, 11) is 1.85. The van der Waals surface area contributed by atoms with E-state index in [1.807, 2.05) is 7.05 Å². The summed E-state index contributed by atoms with van der Waals surface area (Å²) >= 11 is 1.78. The molecule has 116 valence electrons. The molecule has 1 aliphatic carbocycles. The summed E-state index contributed by atoms with van der Waals surface area (Å²) in [5.41, 5.74) is 0. The average Bonchev–Trinajstić information content (AvgIpc) is 3.24. The van der Waals surface area contributed by atoms with Gasteiger partial charge in [-0.15, -0.1) is 11.3 Å². The van der Waals surface area contributed by atoms with Gasteiger partial charge in [0.2, 0.25) is 0 Å². The first-order chi connectivity index (χ1) is 10.3. The Bertz CT molecular complexity index is 451. The Balaban J connectivity index is 1.44. The Morgan fingerprint density at radius 2 is 2.24 bits per heavy atom. The van der Waals surface area contributed by atoms with Crippen molar-refractivity contribution in [2.24, 2.45) is 4.99 Å². The van der Waals surface area contributed by atoms with Gasteiger partial charge in [-0.3, -0.25) is 9.89 Å². The van der Waals surface area contributed by atoms with Gasteiger partial charge in [0.1, 0.15) is 0 Å². The van der Waals surface area contributed by atoms with Crippen LogP contribution in [0.15, 0.2) is 22.5 Å². The van der Waals surface area contributed by atoms with Crippen molar-refractivity contribution in [3.05, 3.63) is 22.4 Å². The highest BCUT2D eigenvalue weighted by Crippen LogP contribution is 2.26. The Kier molecular flexibility index (Phi) is 5.14. The SMILES string of the molecule is CN=C(NCc1cccs1)NC1CCN(C2CCCC2)C1. The number of aliphatic imine (C=N–C) groups is 1. The number of nitrogens with zero attached hydrogens (tertiary/aromatic N) is 2. The van der Waals surface area contributed by atoms with Crippen LogP contribution in [0.2, 0.25) is 0 Å². The molecule has 3 rings (SSSR count). The molecule has 2 N–H and O–H groups in total. The summed E-state index contributed by atoms with van der Waals surface area (Å²) < 4.78 is 0. The van der Waals surface area contributed by atoms with Crippen LogP contribution in [0.3, 0.4) is 0 Å². The molecule has 1 aromatic rings. The highest BCUT2D eigenvalue weighted by molar-refractivity contribution is 7.09. The molecule has 2 aliphatic rings. The number of hydrogen-bond acceptors (Lipinski definition) is 3. The lowest BCUT2D eigenvalue weighted by Gasteiger charge is -2.24. The van der Waals surface area contributed by atoms with Gasteiger partial charge in [0, 0.05) is 37.1 Å². The van der Waals surface area contributed by atoms with Crippen LogP contribution in [0.1, 0.15) is 37.0 Å². The highest BCUT2D eigenvalue weighted by Gasteiger charge is 2.30. The smallest absolute Gasteiger partial charge is 0.191 e. The topological polar surface area (TPSA) is 39.7 Å².